The maximum atomic E-state index is 13.0. The molecular weight excluding hydrogens is 238 g/mol. The van der Waals surface area contributed by atoms with Crippen LogP contribution < -0.4 is 5.73 Å². The van der Waals surface area contributed by atoms with Gasteiger partial charge in [-0.1, -0.05) is 0 Å². The Kier molecular flexibility index (Phi) is 2.53. The molecule has 1 heterocycles. The van der Waals surface area contributed by atoms with Gasteiger partial charge in [0.15, 0.2) is 0 Å². The normalized spacial score (nSPS) is 11.8. The standard InChI is InChI=1S/C10H7F4N3/c11-7-1-2-8(15)9(3-7)17-5-6(4-16-17)10(12,13)14/h1-5H,15H2. The fraction of sp³-hybridized carbons (Fsp3) is 0.100. The number of aromatic nitrogens is 2. The molecule has 0 radical (unpaired) electrons. The molecule has 0 aliphatic heterocycles. The molecule has 2 rings (SSSR count). The Hall–Kier alpha value is -2.05. The largest absolute Gasteiger partial charge is 0.419 e. The molecule has 0 spiro atoms. The van der Waals surface area contributed by atoms with Crippen LogP contribution in [0.4, 0.5) is 23.2 Å². The van der Waals surface area contributed by atoms with Crippen LogP contribution >= 0.6 is 0 Å². The Bertz CT molecular complexity index is 545. The van der Waals surface area contributed by atoms with Gasteiger partial charge in [-0.3, -0.25) is 0 Å². The average molecular weight is 245 g/mol. The van der Waals surface area contributed by atoms with E-state index in [9.17, 15) is 17.6 Å². The minimum atomic E-state index is -4.49. The fourth-order valence-electron chi connectivity index (χ4n) is 1.32. The number of rotatable bonds is 1. The molecule has 0 fully saturated rings. The smallest absolute Gasteiger partial charge is 0.397 e. The van der Waals surface area contributed by atoms with Crippen LogP contribution in [-0.2, 0) is 6.18 Å². The second-order valence-corrected chi connectivity index (χ2v) is 3.37. The van der Waals surface area contributed by atoms with E-state index < -0.39 is 17.6 Å². The number of nitrogens with two attached hydrogens (primary N) is 1. The minimum Gasteiger partial charge on any atom is -0.397 e. The van der Waals surface area contributed by atoms with Crippen molar-refractivity contribution in [3.8, 4) is 5.69 Å². The first-order valence-corrected chi connectivity index (χ1v) is 4.55. The van der Waals surface area contributed by atoms with Crippen molar-refractivity contribution >= 4 is 5.69 Å². The van der Waals surface area contributed by atoms with E-state index in [0.29, 0.717) is 6.20 Å². The molecule has 0 bridgehead atoms. The molecule has 0 saturated heterocycles. The summed E-state index contributed by atoms with van der Waals surface area (Å²) in [6.45, 7) is 0. The number of nitrogens with zero attached hydrogens (tertiary/aromatic N) is 2. The summed E-state index contributed by atoms with van der Waals surface area (Å²) < 4.78 is 50.9. The van der Waals surface area contributed by atoms with Crippen LogP contribution in [0.3, 0.4) is 0 Å². The third-order valence-corrected chi connectivity index (χ3v) is 2.15. The monoisotopic (exact) mass is 245 g/mol. The molecular formula is C10H7F4N3. The fourth-order valence-corrected chi connectivity index (χ4v) is 1.32. The predicted molar refractivity (Wildman–Crippen MR) is 52.9 cm³/mol. The van der Waals surface area contributed by atoms with Crippen molar-refractivity contribution < 1.29 is 17.6 Å². The number of hydrogen-bond donors (Lipinski definition) is 1. The molecule has 2 N–H and O–H groups in total. The Morgan fingerprint density at radius 2 is 1.94 bits per heavy atom. The molecule has 1 aromatic heterocycles. The van der Waals surface area contributed by atoms with Gasteiger partial charge in [-0.05, 0) is 12.1 Å². The van der Waals surface area contributed by atoms with E-state index in [0.717, 1.165) is 23.0 Å². The summed E-state index contributed by atoms with van der Waals surface area (Å²) >= 11 is 0. The van der Waals surface area contributed by atoms with E-state index in [1.807, 2.05) is 0 Å². The second-order valence-electron chi connectivity index (χ2n) is 3.37. The molecule has 7 heteroatoms. The first kappa shape index (κ1) is 11.4. The molecule has 3 nitrogen and oxygen atoms in total. The second kappa shape index (κ2) is 3.76. The highest BCUT2D eigenvalue weighted by Gasteiger charge is 2.32. The van der Waals surface area contributed by atoms with Crippen LogP contribution in [0.5, 0.6) is 0 Å². The maximum Gasteiger partial charge on any atom is 0.419 e. The quantitative estimate of drug-likeness (QED) is 0.620. The number of anilines is 1. The van der Waals surface area contributed by atoms with Gasteiger partial charge in [-0.25, -0.2) is 9.07 Å². The molecule has 1 aromatic carbocycles. The van der Waals surface area contributed by atoms with E-state index in [1.165, 1.54) is 6.07 Å². The van der Waals surface area contributed by atoms with Gasteiger partial charge in [0.1, 0.15) is 5.82 Å². The van der Waals surface area contributed by atoms with Gasteiger partial charge in [-0.2, -0.15) is 18.3 Å². The van der Waals surface area contributed by atoms with Crippen molar-refractivity contribution in [2.45, 2.75) is 6.18 Å². The van der Waals surface area contributed by atoms with Gasteiger partial charge in [-0.15, -0.1) is 0 Å². The van der Waals surface area contributed by atoms with E-state index in [-0.39, 0.29) is 11.4 Å². The van der Waals surface area contributed by atoms with Gasteiger partial charge in [0.05, 0.1) is 23.1 Å². The number of halogens is 4. The number of nitrogen functional groups attached to an aromatic ring is 1. The predicted octanol–water partition coefficient (Wildman–Crippen LogP) is 2.61. The van der Waals surface area contributed by atoms with Gasteiger partial charge >= 0.3 is 6.18 Å². The number of alkyl halides is 3. The zero-order valence-electron chi connectivity index (χ0n) is 8.37. The van der Waals surface area contributed by atoms with E-state index in [2.05, 4.69) is 5.10 Å². The SMILES string of the molecule is Nc1ccc(F)cc1-n1cc(C(F)(F)F)cn1. The van der Waals surface area contributed by atoms with Crippen molar-refractivity contribution in [1.82, 2.24) is 9.78 Å². The van der Waals surface area contributed by atoms with Crippen LogP contribution in [0.2, 0.25) is 0 Å². The highest BCUT2D eigenvalue weighted by atomic mass is 19.4. The van der Waals surface area contributed by atoms with Crippen molar-refractivity contribution in [3.05, 3.63) is 42.0 Å². The van der Waals surface area contributed by atoms with Crippen LogP contribution in [0.1, 0.15) is 5.56 Å². The molecule has 0 saturated carbocycles. The lowest BCUT2D eigenvalue weighted by atomic mass is 10.2. The minimum absolute atomic E-state index is 0.0699. The van der Waals surface area contributed by atoms with Crippen molar-refractivity contribution in [3.63, 3.8) is 0 Å². The molecule has 0 atom stereocenters. The van der Waals surface area contributed by atoms with Crippen LogP contribution in [-0.4, -0.2) is 9.78 Å². The molecule has 2 aromatic rings. The average Bonchev–Trinajstić information content (AvgIpc) is 2.70. The summed E-state index contributed by atoms with van der Waals surface area (Å²) in [6.07, 6.45) is -3.07. The summed E-state index contributed by atoms with van der Waals surface area (Å²) in [4.78, 5) is 0. The summed E-state index contributed by atoms with van der Waals surface area (Å²) in [5, 5.41) is 3.50. The Morgan fingerprint density at radius 1 is 1.24 bits per heavy atom. The van der Waals surface area contributed by atoms with E-state index in [1.54, 1.807) is 0 Å². The summed E-state index contributed by atoms with van der Waals surface area (Å²) in [6, 6.07) is 3.40. The lowest BCUT2D eigenvalue weighted by molar-refractivity contribution is -0.137. The molecule has 90 valence electrons. The Morgan fingerprint density at radius 3 is 2.53 bits per heavy atom. The van der Waals surface area contributed by atoms with Crippen molar-refractivity contribution in [2.75, 3.05) is 5.73 Å². The van der Waals surface area contributed by atoms with E-state index in [4.69, 9.17) is 5.73 Å². The summed E-state index contributed by atoms with van der Waals surface area (Å²) in [5.74, 6) is -0.599. The van der Waals surface area contributed by atoms with Crippen molar-refractivity contribution in [1.29, 1.82) is 0 Å². The van der Waals surface area contributed by atoms with Crippen LogP contribution in [0.25, 0.3) is 5.69 Å². The first-order valence-electron chi connectivity index (χ1n) is 4.55. The van der Waals surface area contributed by atoms with Crippen LogP contribution in [0.15, 0.2) is 30.6 Å². The lowest BCUT2D eigenvalue weighted by Crippen LogP contribution is -2.04. The molecule has 17 heavy (non-hydrogen) atoms. The van der Waals surface area contributed by atoms with Gasteiger partial charge in [0.25, 0.3) is 0 Å². The summed E-state index contributed by atoms with van der Waals surface area (Å²) in [5.41, 5.74) is 4.83. The van der Waals surface area contributed by atoms with Crippen LogP contribution in [0, 0.1) is 5.82 Å². The summed E-state index contributed by atoms with van der Waals surface area (Å²) in [7, 11) is 0. The van der Waals surface area contributed by atoms with Crippen molar-refractivity contribution in [2.24, 2.45) is 0 Å². The molecule has 0 amide bonds. The number of hydrogen-bond acceptors (Lipinski definition) is 2. The zero-order valence-corrected chi connectivity index (χ0v) is 8.37. The zero-order chi connectivity index (χ0) is 12.6. The highest BCUT2D eigenvalue weighted by molar-refractivity contribution is 5.57. The van der Waals surface area contributed by atoms with Gasteiger partial charge < -0.3 is 5.73 Å². The topological polar surface area (TPSA) is 43.8 Å². The van der Waals surface area contributed by atoms with E-state index >= 15 is 0 Å². The third kappa shape index (κ3) is 2.22. The Labute approximate surface area is 93.5 Å². The molecule has 0 aliphatic rings. The van der Waals surface area contributed by atoms with Gasteiger partial charge in [0.2, 0.25) is 0 Å². The first-order chi connectivity index (χ1) is 7.88. The highest BCUT2D eigenvalue weighted by Crippen LogP contribution is 2.29. The Balaban J connectivity index is 2.47. The van der Waals surface area contributed by atoms with Gasteiger partial charge in [0, 0.05) is 12.3 Å². The molecule has 0 unspecified atom stereocenters. The lowest BCUT2D eigenvalue weighted by Gasteiger charge is -2.05. The maximum absolute atomic E-state index is 13.0. The molecule has 0 aliphatic carbocycles. The number of benzene rings is 1. The third-order valence-electron chi connectivity index (χ3n) is 2.15.